The van der Waals surface area contributed by atoms with Crippen molar-refractivity contribution in [3.05, 3.63) is 0 Å². The van der Waals surface area contributed by atoms with Crippen molar-refractivity contribution in [2.75, 3.05) is 6.61 Å². The Balaban J connectivity index is 3.56. The standard InChI is InChI=1S/C9H22O2Si/c1-5-6-7-12(3,4)11-8-9(2)10/h9-10H,5-8H2,1-4H3/t9-/m0/s1. The molecule has 0 aliphatic rings. The summed E-state index contributed by atoms with van der Waals surface area (Å²) in [6.45, 7) is 8.89. The van der Waals surface area contributed by atoms with E-state index in [0.29, 0.717) is 6.61 Å². The molecule has 0 aromatic heterocycles. The number of hydrogen-bond donors (Lipinski definition) is 1. The van der Waals surface area contributed by atoms with Gasteiger partial charge in [0.05, 0.1) is 12.7 Å². The lowest BCUT2D eigenvalue weighted by Gasteiger charge is -2.23. The van der Waals surface area contributed by atoms with Crippen LogP contribution in [-0.4, -0.2) is 26.1 Å². The third kappa shape index (κ3) is 6.82. The van der Waals surface area contributed by atoms with E-state index < -0.39 is 8.32 Å². The van der Waals surface area contributed by atoms with E-state index in [1.54, 1.807) is 6.92 Å². The van der Waals surface area contributed by atoms with Gasteiger partial charge in [-0.2, -0.15) is 0 Å². The number of aliphatic hydroxyl groups excluding tert-OH is 1. The lowest BCUT2D eigenvalue weighted by Crippen LogP contribution is -2.33. The molecule has 3 heteroatoms. The zero-order valence-electron chi connectivity index (χ0n) is 8.76. The first-order valence-electron chi connectivity index (χ1n) is 4.80. The second-order valence-corrected chi connectivity index (χ2v) is 8.33. The van der Waals surface area contributed by atoms with Gasteiger partial charge in [0.25, 0.3) is 0 Å². The Morgan fingerprint density at radius 2 is 2.00 bits per heavy atom. The van der Waals surface area contributed by atoms with Gasteiger partial charge in [-0.3, -0.25) is 0 Å². The summed E-state index contributed by atoms with van der Waals surface area (Å²) in [6, 6.07) is 1.20. The predicted molar refractivity (Wildman–Crippen MR) is 54.8 cm³/mol. The summed E-state index contributed by atoms with van der Waals surface area (Å²) in [5.41, 5.74) is 0. The summed E-state index contributed by atoms with van der Waals surface area (Å²) >= 11 is 0. The van der Waals surface area contributed by atoms with Gasteiger partial charge < -0.3 is 9.53 Å². The van der Waals surface area contributed by atoms with E-state index >= 15 is 0 Å². The van der Waals surface area contributed by atoms with E-state index in [1.807, 2.05) is 0 Å². The van der Waals surface area contributed by atoms with Crippen LogP contribution in [0.15, 0.2) is 0 Å². The summed E-state index contributed by atoms with van der Waals surface area (Å²) in [5.74, 6) is 0. The highest BCUT2D eigenvalue weighted by molar-refractivity contribution is 6.71. The van der Waals surface area contributed by atoms with E-state index in [9.17, 15) is 0 Å². The highest BCUT2D eigenvalue weighted by atomic mass is 28.4. The molecule has 0 spiro atoms. The van der Waals surface area contributed by atoms with Crippen LogP contribution in [0.4, 0.5) is 0 Å². The van der Waals surface area contributed by atoms with Crippen LogP contribution in [0.5, 0.6) is 0 Å². The molecule has 0 amide bonds. The molecule has 12 heavy (non-hydrogen) atoms. The molecule has 0 bridgehead atoms. The number of rotatable bonds is 6. The third-order valence-electron chi connectivity index (χ3n) is 1.85. The fourth-order valence-electron chi connectivity index (χ4n) is 1.02. The molecule has 0 aromatic carbocycles. The van der Waals surface area contributed by atoms with Crippen LogP contribution in [-0.2, 0) is 4.43 Å². The second-order valence-electron chi connectivity index (χ2n) is 4.02. The first kappa shape index (κ1) is 12.1. The van der Waals surface area contributed by atoms with E-state index in [4.69, 9.17) is 9.53 Å². The van der Waals surface area contributed by atoms with Crippen LogP contribution in [0.2, 0.25) is 19.1 Å². The van der Waals surface area contributed by atoms with E-state index in [2.05, 4.69) is 20.0 Å². The second kappa shape index (κ2) is 5.73. The molecule has 2 nitrogen and oxygen atoms in total. The van der Waals surface area contributed by atoms with Crippen molar-refractivity contribution in [2.45, 2.75) is 51.9 Å². The molecule has 0 aliphatic heterocycles. The maximum absolute atomic E-state index is 9.04. The molecule has 74 valence electrons. The van der Waals surface area contributed by atoms with Gasteiger partial charge in [-0.1, -0.05) is 19.8 Å². The van der Waals surface area contributed by atoms with Crippen LogP contribution in [0.3, 0.4) is 0 Å². The number of unbranched alkanes of at least 4 members (excludes halogenated alkanes) is 1. The van der Waals surface area contributed by atoms with Gasteiger partial charge in [0, 0.05) is 0 Å². The van der Waals surface area contributed by atoms with Crippen LogP contribution in [0, 0.1) is 0 Å². The van der Waals surface area contributed by atoms with Crippen molar-refractivity contribution >= 4 is 8.32 Å². The Morgan fingerprint density at radius 3 is 2.42 bits per heavy atom. The first-order chi connectivity index (χ1) is 5.48. The van der Waals surface area contributed by atoms with Gasteiger partial charge in [0.15, 0.2) is 8.32 Å². The SMILES string of the molecule is CCCC[Si](C)(C)OC[C@H](C)O. The zero-order valence-corrected chi connectivity index (χ0v) is 9.76. The topological polar surface area (TPSA) is 29.5 Å². The smallest absolute Gasteiger partial charge is 0.186 e. The predicted octanol–water partition coefficient (Wildman–Crippen LogP) is 2.39. The average molecular weight is 190 g/mol. The molecule has 0 aliphatic carbocycles. The minimum absolute atomic E-state index is 0.321. The molecule has 1 N–H and O–H groups in total. The van der Waals surface area contributed by atoms with Crippen molar-refractivity contribution in [2.24, 2.45) is 0 Å². The molecule has 1 atom stereocenters. The Morgan fingerprint density at radius 1 is 1.42 bits per heavy atom. The van der Waals surface area contributed by atoms with Crippen LogP contribution in [0.25, 0.3) is 0 Å². The summed E-state index contributed by atoms with van der Waals surface area (Å²) in [4.78, 5) is 0. The summed E-state index contributed by atoms with van der Waals surface area (Å²) < 4.78 is 5.68. The highest BCUT2D eigenvalue weighted by Gasteiger charge is 2.21. The molecular weight excluding hydrogens is 168 g/mol. The molecule has 0 saturated heterocycles. The fourth-order valence-corrected chi connectivity index (χ4v) is 3.06. The zero-order chi connectivity index (χ0) is 9.61. The Kier molecular flexibility index (Phi) is 5.79. The molecule has 0 rings (SSSR count). The summed E-state index contributed by atoms with van der Waals surface area (Å²) in [6.07, 6.45) is 2.16. The summed E-state index contributed by atoms with van der Waals surface area (Å²) in [7, 11) is -1.45. The molecule has 0 heterocycles. The Hall–Kier alpha value is 0.137. The maximum Gasteiger partial charge on any atom is 0.186 e. The number of hydrogen-bond acceptors (Lipinski definition) is 2. The lowest BCUT2D eigenvalue weighted by atomic mass is 10.4. The van der Waals surface area contributed by atoms with Crippen molar-refractivity contribution in [1.29, 1.82) is 0 Å². The van der Waals surface area contributed by atoms with Crippen molar-refractivity contribution in [1.82, 2.24) is 0 Å². The first-order valence-corrected chi connectivity index (χ1v) is 7.91. The van der Waals surface area contributed by atoms with Crippen molar-refractivity contribution < 1.29 is 9.53 Å². The fraction of sp³-hybridized carbons (Fsp3) is 1.00. The minimum Gasteiger partial charge on any atom is -0.415 e. The molecule has 0 unspecified atom stereocenters. The minimum atomic E-state index is -1.45. The Labute approximate surface area is 77.1 Å². The van der Waals surface area contributed by atoms with Crippen molar-refractivity contribution in [3.8, 4) is 0 Å². The van der Waals surface area contributed by atoms with E-state index in [-0.39, 0.29) is 6.10 Å². The number of aliphatic hydroxyl groups is 1. The normalized spacial score (nSPS) is 14.8. The van der Waals surface area contributed by atoms with Crippen molar-refractivity contribution in [3.63, 3.8) is 0 Å². The largest absolute Gasteiger partial charge is 0.415 e. The van der Waals surface area contributed by atoms with Crippen LogP contribution in [0.1, 0.15) is 26.7 Å². The van der Waals surface area contributed by atoms with Gasteiger partial charge in [-0.15, -0.1) is 0 Å². The Bertz CT molecular complexity index is 113. The molecule has 0 fully saturated rings. The monoisotopic (exact) mass is 190 g/mol. The van der Waals surface area contributed by atoms with Gasteiger partial charge in [-0.25, -0.2) is 0 Å². The van der Waals surface area contributed by atoms with Gasteiger partial charge in [0.2, 0.25) is 0 Å². The lowest BCUT2D eigenvalue weighted by molar-refractivity contribution is 0.118. The molecule has 0 saturated carbocycles. The highest BCUT2D eigenvalue weighted by Crippen LogP contribution is 2.14. The third-order valence-corrected chi connectivity index (χ3v) is 4.35. The molecule has 0 radical (unpaired) electrons. The summed E-state index contributed by atoms with van der Waals surface area (Å²) in [5, 5.41) is 9.04. The van der Waals surface area contributed by atoms with Crippen LogP contribution < -0.4 is 0 Å². The van der Waals surface area contributed by atoms with Crippen LogP contribution >= 0.6 is 0 Å². The molecule has 0 aromatic rings. The maximum atomic E-state index is 9.04. The quantitative estimate of drug-likeness (QED) is 0.652. The van der Waals surface area contributed by atoms with Gasteiger partial charge >= 0.3 is 0 Å². The average Bonchev–Trinajstić information content (AvgIpc) is 1.98. The van der Waals surface area contributed by atoms with E-state index in [0.717, 1.165) is 0 Å². The van der Waals surface area contributed by atoms with Gasteiger partial charge in [-0.05, 0) is 26.1 Å². The molecular formula is C9H22O2Si. The van der Waals surface area contributed by atoms with Gasteiger partial charge in [0.1, 0.15) is 0 Å². The van der Waals surface area contributed by atoms with E-state index in [1.165, 1.54) is 18.9 Å².